The summed E-state index contributed by atoms with van der Waals surface area (Å²) in [7, 11) is 1.67. The maximum absolute atomic E-state index is 9.98. The molecule has 1 atom stereocenters. The topological polar surface area (TPSA) is 41.5 Å². The summed E-state index contributed by atoms with van der Waals surface area (Å²) in [5, 5.41) is 13.3. The fourth-order valence-corrected chi connectivity index (χ4v) is 2.35. The average Bonchev–Trinajstić information content (AvgIpc) is 2.30. The maximum atomic E-state index is 9.98. The van der Waals surface area contributed by atoms with E-state index in [0.717, 1.165) is 36.4 Å². The third-order valence-corrected chi connectivity index (χ3v) is 3.28. The molecule has 0 saturated carbocycles. The number of rotatable bonds is 2. The predicted octanol–water partition coefficient (Wildman–Crippen LogP) is 2.18. The van der Waals surface area contributed by atoms with E-state index in [1.54, 1.807) is 13.2 Å². The van der Waals surface area contributed by atoms with Gasteiger partial charge in [0.15, 0.2) is 0 Å². The van der Waals surface area contributed by atoms with Gasteiger partial charge in [0, 0.05) is 18.0 Å². The van der Waals surface area contributed by atoms with Gasteiger partial charge in [-0.2, -0.15) is 0 Å². The summed E-state index contributed by atoms with van der Waals surface area (Å²) in [5.74, 6) is 1.66. The molecule has 0 amide bonds. The fourth-order valence-electron chi connectivity index (χ4n) is 2.35. The molecule has 3 heteroatoms. The molecular weight excluding hydrogens is 202 g/mol. The number of hydrogen-bond acceptors (Lipinski definition) is 3. The van der Waals surface area contributed by atoms with Gasteiger partial charge in [0.25, 0.3) is 0 Å². The summed E-state index contributed by atoms with van der Waals surface area (Å²) in [6.45, 7) is 3.97. The van der Waals surface area contributed by atoms with Gasteiger partial charge in [-0.3, -0.25) is 0 Å². The van der Waals surface area contributed by atoms with Crippen LogP contribution in [0, 0.1) is 6.92 Å². The minimum Gasteiger partial charge on any atom is -0.508 e. The lowest BCUT2D eigenvalue weighted by Gasteiger charge is -2.24. The van der Waals surface area contributed by atoms with E-state index in [0.29, 0.717) is 11.7 Å². The van der Waals surface area contributed by atoms with Crippen molar-refractivity contribution in [3.8, 4) is 11.5 Å². The molecule has 1 saturated heterocycles. The Bertz CT molecular complexity index is 370. The van der Waals surface area contributed by atoms with Crippen molar-refractivity contribution in [1.29, 1.82) is 0 Å². The van der Waals surface area contributed by atoms with Gasteiger partial charge in [0.1, 0.15) is 11.5 Å². The minimum absolute atomic E-state index is 0.395. The quantitative estimate of drug-likeness (QED) is 0.804. The first-order chi connectivity index (χ1) is 7.72. The van der Waals surface area contributed by atoms with E-state index >= 15 is 0 Å². The molecule has 0 radical (unpaired) electrons. The van der Waals surface area contributed by atoms with Crippen molar-refractivity contribution >= 4 is 0 Å². The standard InChI is InChI=1S/C13H19NO2/c1-9-6-12(15)11(7-13(9)16-2)10-4-3-5-14-8-10/h6-7,10,14-15H,3-5,8H2,1-2H3. The van der Waals surface area contributed by atoms with E-state index in [-0.39, 0.29) is 0 Å². The maximum Gasteiger partial charge on any atom is 0.122 e. The Labute approximate surface area is 96.4 Å². The van der Waals surface area contributed by atoms with Crippen LogP contribution in [0.15, 0.2) is 12.1 Å². The number of phenols is 1. The summed E-state index contributed by atoms with van der Waals surface area (Å²) in [5.41, 5.74) is 1.99. The summed E-state index contributed by atoms with van der Waals surface area (Å²) in [6, 6.07) is 3.77. The molecule has 0 spiro atoms. The lowest BCUT2D eigenvalue weighted by molar-refractivity contribution is 0.399. The lowest BCUT2D eigenvalue weighted by atomic mass is 9.90. The largest absolute Gasteiger partial charge is 0.508 e. The lowest BCUT2D eigenvalue weighted by Crippen LogP contribution is -2.28. The predicted molar refractivity (Wildman–Crippen MR) is 64.2 cm³/mol. The highest BCUT2D eigenvalue weighted by molar-refractivity contribution is 5.47. The number of phenolic OH excluding ortho intramolecular Hbond substituents is 1. The number of piperidine rings is 1. The first kappa shape index (κ1) is 11.3. The van der Waals surface area contributed by atoms with Gasteiger partial charge < -0.3 is 15.2 Å². The first-order valence-corrected chi connectivity index (χ1v) is 5.80. The molecule has 2 rings (SSSR count). The molecule has 1 heterocycles. The number of aryl methyl sites for hydroxylation is 1. The monoisotopic (exact) mass is 221 g/mol. The van der Waals surface area contributed by atoms with Gasteiger partial charge in [-0.05, 0) is 44.0 Å². The minimum atomic E-state index is 0.395. The van der Waals surface area contributed by atoms with Crippen LogP contribution in [0.2, 0.25) is 0 Å². The molecule has 1 aromatic carbocycles. The number of methoxy groups -OCH3 is 1. The highest BCUT2D eigenvalue weighted by Crippen LogP contribution is 2.35. The molecule has 1 aromatic rings. The van der Waals surface area contributed by atoms with Gasteiger partial charge in [-0.15, -0.1) is 0 Å². The van der Waals surface area contributed by atoms with E-state index in [1.807, 2.05) is 13.0 Å². The summed E-state index contributed by atoms with van der Waals surface area (Å²) >= 11 is 0. The molecule has 0 bridgehead atoms. The second kappa shape index (κ2) is 4.74. The van der Waals surface area contributed by atoms with Crippen molar-refractivity contribution in [3.63, 3.8) is 0 Å². The Hall–Kier alpha value is -1.22. The van der Waals surface area contributed by atoms with Crippen molar-refractivity contribution in [2.45, 2.75) is 25.7 Å². The van der Waals surface area contributed by atoms with Gasteiger partial charge in [-0.1, -0.05) is 0 Å². The van der Waals surface area contributed by atoms with E-state index in [9.17, 15) is 5.11 Å². The van der Waals surface area contributed by atoms with Crippen LogP contribution in [0.1, 0.15) is 29.9 Å². The fraction of sp³-hybridized carbons (Fsp3) is 0.538. The molecule has 88 valence electrons. The van der Waals surface area contributed by atoms with Crippen LogP contribution in [0.4, 0.5) is 0 Å². The SMILES string of the molecule is COc1cc(C2CCCNC2)c(O)cc1C. The van der Waals surface area contributed by atoms with Gasteiger partial charge in [0.2, 0.25) is 0 Å². The first-order valence-electron chi connectivity index (χ1n) is 5.80. The van der Waals surface area contributed by atoms with Crippen LogP contribution in [0.3, 0.4) is 0 Å². The Morgan fingerprint density at radius 1 is 1.44 bits per heavy atom. The molecule has 1 unspecified atom stereocenters. The van der Waals surface area contributed by atoms with Gasteiger partial charge >= 0.3 is 0 Å². The highest BCUT2D eigenvalue weighted by Gasteiger charge is 2.19. The summed E-state index contributed by atoms with van der Waals surface area (Å²) in [6.07, 6.45) is 2.30. The van der Waals surface area contributed by atoms with Crippen LogP contribution in [0.5, 0.6) is 11.5 Å². The molecule has 0 aromatic heterocycles. The molecule has 1 aliphatic heterocycles. The smallest absolute Gasteiger partial charge is 0.122 e. The normalized spacial score (nSPS) is 20.8. The Kier molecular flexibility index (Phi) is 3.34. The Morgan fingerprint density at radius 3 is 2.88 bits per heavy atom. The molecule has 16 heavy (non-hydrogen) atoms. The van der Waals surface area contributed by atoms with Crippen molar-refractivity contribution in [3.05, 3.63) is 23.3 Å². The van der Waals surface area contributed by atoms with E-state index in [2.05, 4.69) is 5.32 Å². The zero-order valence-electron chi connectivity index (χ0n) is 9.92. The molecule has 2 N–H and O–H groups in total. The number of hydrogen-bond donors (Lipinski definition) is 2. The second-order valence-electron chi connectivity index (χ2n) is 4.42. The molecule has 0 aliphatic carbocycles. The second-order valence-corrected chi connectivity index (χ2v) is 4.42. The van der Waals surface area contributed by atoms with Crippen molar-refractivity contribution < 1.29 is 9.84 Å². The van der Waals surface area contributed by atoms with Crippen molar-refractivity contribution in [1.82, 2.24) is 5.32 Å². The number of benzene rings is 1. The Balaban J connectivity index is 2.31. The number of ether oxygens (including phenoxy) is 1. The van der Waals surface area contributed by atoms with Crippen LogP contribution >= 0.6 is 0 Å². The van der Waals surface area contributed by atoms with Crippen LogP contribution in [-0.4, -0.2) is 25.3 Å². The number of nitrogens with one attached hydrogen (secondary N) is 1. The van der Waals surface area contributed by atoms with Crippen molar-refractivity contribution in [2.24, 2.45) is 0 Å². The molecule has 1 aliphatic rings. The zero-order valence-corrected chi connectivity index (χ0v) is 9.92. The molecule has 1 fully saturated rings. The van der Waals surface area contributed by atoms with Crippen molar-refractivity contribution in [2.75, 3.05) is 20.2 Å². The van der Waals surface area contributed by atoms with Crippen LogP contribution in [-0.2, 0) is 0 Å². The molecular formula is C13H19NO2. The van der Waals surface area contributed by atoms with E-state index < -0.39 is 0 Å². The third-order valence-electron chi connectivity index (χ3n) is 3.28. The highest BCUT2D eigenvalue weighted by atomic mass is 16.5. The van der Waals surface area contributed by atoms with Crippen LogP contribution in [0.25, 0.3) is 0 Å². The third kappa shape index (κ3) is 2.14. The van der Waals surface area contributed by atoms with E-state index in [1.165, 1.54) is 6.42 Å². The average molecular weight is 221 g/mol. The summed E-state index contributed by atoms with van der Waals surface area (Å²) in [4.78, 5) is 0. The number of aromatic hydroxyl groups is 1. The zero-order chi connectivity index (χ0) is 11.5. The van der Waals surface area contributed by atoms with Gasteiger partial charge in [-0.25, -0.2) is 0 Å². The Morgan fingerprint density at radius 2 is 2.25 bits per heavy atom. The van der Waals surface area contributed by atoms with Crippen LogP contribution < -0.4 is 10.1 Å². The van der Waals surface area contributed by atoms with Gasteiger partial charge in [0.05, 0.1) is 7.11 Å². The molecule has 3 nitrogen and oxygen atoms in total. The summed E-state index contributed by atoms with van der Waals surface area (Å²) < 4.78 is 5.30. The van der Waals surface area contributed by atoms with E-state index in [4.69, 9.17) is 4.74 Å².